The Hall–Kier alpha value is -0.650. The Morgan fingerprint density at radius 3 is 2.62 bits per heavy atom. The lowest BCUT2D eigenvalue weighted by molar-refractivity contribution is -0.133. The number of rotatable bonds is 5. The van der Waals surface area contributed by atoms with E-state index in [-0.39, 0.29) is 18.1 Å². The molecule has 5 nitrogen and oxygen atoms in total. The van der Waals surface area contributed by atoms with Crippen LogP contribution in [0.2, 0.25) is 0 Å². The Morgan fingerprint density at radius 1 is 1.24 bits per heavy atom. The van der Waals surface area contributed by atoms with Crippen LogP contribution in [0.25, 0.3) is 0 Å². The lowest BCUT2D eigenvalue weighted by Gasteiger charge is -2.33. The van der Waals surface area contributed by atoms with Gasteiger partial charge in [-0.2, -0.15) is 0 Å². The molecule has 0 aliphatic carbocycles. The number of nitrogens with zero attached hydrogens (tertiary/aromatic N) is 2. The molecule has 2 heterocycles. The number of hydrogen-bond donors (Lipinski definition) is 1. The zero-order chi connectivity index (χ0) is 15.1. The van der Waals surface area contributed by atoms with Crippen molar-refractivity contribution in [2.75, 3.05) is 45.9 Å². The van der Waals surface area contributed by atoms with Gasteiger partial charge in [0.1, 0.15) is 0 Å². The molecule has 0 aromatic heterocycles. The molecular weight excluding hydrogens is 266 g/mol. The van der Waals surface area contributed by atoms with E-state index in [1.54, 1.807) is 0 Å². The van der Waals surface area contributed by atoms with Gasteiger partial charge in [0.15, 0.2) is 0 Å². The molecule has 2 atom stereocenters. The third-order valence-corrected chi connectivity index (χ3v) is 4.61. The van der Waals surface area contributed by atoms with Gasteiger partial charge in [-0.3, -0.25) is 9.69 Å². The van der Waals surface area contributed by atoms with Crippen LogP contribution in [0, 0.1) is 0 Å². The van der Waals surface area contributed by atoms with Crippen LogP contribution >= 0.6 is 0 Å². The smallest absolute Gasteiger partial charge is 0.239 e. The maximum absolute atomic E-state index is 12.5. The largest absolute Gasteiger partial charge is 0.374 e. The first-order valence-corrected chi connectivity index (χ1v) is 8.57. The third-order valence-electron chi connectivity index (χ3n) is 4.61. The first kappa shape index (κ1) is 16.7. The zero-order valence-corrected chi connectivity index (χ0v) is 13.6. The fraction of sp³-hybridized carbons (Fsp3) is 0.938. The molecule has 1 N–H and O–H groups in total. The van der Waals surface area contributed by atoms with Crippen LogP contribution in [0.1, 0.15) is 39.5 Å². The minimum Gasteiger partial charge on any atom is -0.374 e. The first-order valence-electron chi connectivity index (χ1n) is 8.57. The van der Waals surface area contributed by atoms with Gasteiger partial charge in [-0.25, -0.2) is 0 Å². The van der Waals surface area contributed by atoms with E-state index in [1.807, 2.05) is 11.8 Å². The molecular formula is C16H31N3O2. The minimum absolute atomic E-state index is 0.108. The van der Waals surface area contributed by atoms with Crippen molar-refractivity contribution in [1.29, 1.82) is 0 Å². The predicted octanol–water partition coefficient (Wildman–Crippen LogP) is 1.09. The number of likely N-dealkylation sites (N-methyl/N-ethyl adjacent to an activating group) is 1. The Balaban J connectivity index is 1.72. The predicted molar refractivity (Wildman–Crippen MR) is 84.4 cm³/mol. The summed E-state index contributed by atoms with van der Waals surface area (Å²) >= 11 is 0. The molecule has 0 radical (unpaired) electrons. The van der Waals surface area contributed by atoms with Gasteiger partial charge in [0.05, 0.1) is 18.8 Å². The molecule has 21 heavy (non-hydrogen) atoms. The van der Waals surface area contributed by atoms with Crippen molar-refractivity contribution >= 4 is 5.91 Å². The van der Waals surface area contributed by atoms with Gasteiger partial charge in [-0.15, -0.1) is 0 Å². The molecule has 0 saturated carbocycles. The summed E-state index contributed by atoms with van der Waals surface area (Å²) < 4.78 is 5.78. The van der Waals surface area contributed by atoms with Crippen molar-refractivity contribution in [3.05, 3.63) is 0 Å². The van der Waals surface area contributed by atoms with Crippen molar-refractivity contribution in [2.24, 2.45) is 0 Å². The normalized spacial score (nSPS) is 26.4. The SMILES string of the molecule is CCN1CCOC(CNC(C)C(=O)N2CCCCCC2)C1. The van der Waals surface area contributed by atoms with Crippen LogP contribution in [-0.2, 0) is 9.53 Å². The number of nitrogens with one attached hydrogen (secondary N) is 1. The molecule has 2 aliphatic heterocycles. The van der Waals surface area contributed by atoms with E-state index in [9.17, 15) is 4.79 Å². The molecule has 5 heteroatoms. The highest BCUT2D eigenvalue weighted by Crippen LogP contribution is 2.11. The number of likely N-dealkylation sites (tertiary alicyclic amines) is 1. The van der Waals surface area contributed by atoms with Crippen LogP contribution in [-0.4, -0.2) is 73.7 Å². The number of morpholine rings is 1. The van der Waals surface area contributed by atoms with E-state index >= 15 is 0 Å². The molecule has 0 bridgehead atoms. The summed E-state index contributed by atoms with van der Waals surface area (Å²) in [7, 11) is 0. The third kappa shape index (κ3) is 5.24. The van der Waals surface area contributed by atoms with Crippen molar-refractivity contribution in [1.82, 2.24) is 15.1 Å². The second-order valence-corrected chi connectivity index (χ2v) is 6.26. The highest BCUT2D eigenvalue weighted by molar-refractivity contribution is 5.81. The van der Waals surface area contributed by atoms with Gasteiger partial charge in [0.25, 0.3) is 0 Å². The van der Waals surface area contributed by atoms with Crippen LogP contribution < -0.4 is 5.32 Å². The van der Waals surface area contributed by atoms with Crippen molar-refractivity contribution in [3.8, 4) is 0 Å². The van der Waals surface area contributed by atoms with Crippen LogP contribution in [0.5, 0.6) is 0 Å². The zero-order valence-electron chi connectivity index (χ0n) is 13.6. The van der Waals surface area contributed by atoms with E-state index in [2.05, 4.69) is 17.1 Å². The molecule has 2 unspecified atom stereocenters. The van der Waals surface area contributed by atoms with E-state index in [0.717, 1.165) is 58.7 Å². The highest BCUT2D eigenvalue weighted by Gasteiger charge is 2.24. The van der Waals surface area contributed by atoms with Crippen molar-refractivity contribution in [3.63, 3.8) is 0 Å². The number of ether oxygens (including phenoxy) is 1. The van der Waals surface area contributed by atoms with E-state index in [4.69, 9.17) is 4.74 Å². The minimum atomic E-state index is -0.108. The summed E-state index contributed by atoms with van der Waals surface area (Å²) in [5, 5.41) is 3.37. The molecule has 2 rings (SSSR count). The molecule has 0 spiro atoms. The second-order valence-electron chi connectivity index (χ2n) is 6.26. The number of carbonyl (C=O) groups excluding carboxylic acids is 1. The van der Waals surface area contributed by atoms with Gasteiger partial charge >= 0.3 is 0 Å². The summed E-state index contributed by atoms with van der Waals surface area (Å²) in [6.07, 6.45) is 5.02. The highest BCUT2D eigenvalue weighted by atomic mass is 16.5. The molecule has 0 aromatic carbocycles. The van der Waals surface area contributed by atoms with E-state index in [1.165, 1.54) is 12.8 Å². The van der Waals surface area contributed by atoms with Crippen molar-refractivity contribution < 1.29 is 9.53 Å². The standard InChI is InChI=1S/C16H31N3O2/c1-3-18-10-11-21-15(13-18)12-17-14(2)16(20)19-8-6-4-5-7-9-19/h14-15,17H,3-13H2,1-2H3. The average Bonchev–Trinajstić information content (AvgIpc) is 2.81. The summed E-state index contributed by atoms with van der Waals surface area (Å²) in [5.74, 6) is 0.250. The molecule has 1 amide bonds. The van der Waals surface area contributed by atoms with Gasteiger partial charge in [-0.05, 0) is 26.3 Å². The van der Waals surface area contributed by atoms with Gasteiger partial charge in [-0.1, -0.05) is 19.8 Å². The molecule has 0 aromatic rings. The fourth-order valence-corrected chi connectivity index (χ4v) is 3.15. The summed E-state index contributed by atoms with van der Waals surface area (Å²) in [5.41, 5.74) is 0. The molecule has 122 valence electrons. The maximum Gasteiger partial charge on any atom is 0.239 e. The average molecular weight is 297 g/mol. The Labute approximate surface area is 129 Å². The molecule has 2 aliphatic rings. The lowest BCUT2D eigenvalue weighted by Crippen LogP contribution is -2.51. The summed E-state index contributed by atoms with van der Waals surface area (Å²) in [6, 6.07) is -0.108. The summed E-state index contributed by atoms with van der Waals surface area (Å²) in [6.45, 7) is 10.6. The lowest BCUT2D eigenvalue weighted by atomic mass is 10.2. The monoisotopic (exact) mass is 297 g/mol. The van der Waals surface area contributed by atoms with Crippen LogP contribution in [0.3, 0.4) is 0 Å². The Bertz CT molecular complexity index is 317. The second kappa shape index (κ2) is 8.71. The van der Waals surface area contributed by atoms with Gasteiger partial charge in [0.2, 0.25) is 5.91 Å². The van der Waals surface area contributed by atoms with E-state index < -0.39 is 0 Å². The molecule has 2 saturated heterocycles. The number of carbonyl (C=O) groups is 1. The van der Waals surface area contributed by atoms with Crippen LogP contribution in [0.15, 0.2) is 0 Å². The van der Waals surface area contributed by atoms with E-state index in [0.29, 0.717) is 0 Å². The van der Waals surface area contributed by atoms with Gasteiger partial charge < -0.3 is 15.0 Å². The Kier molecular flexibility index (Phi) is 6.93. The molecule has 2 fully saturated rings. The quantitative estimate of drug-likeness (QED) is 0.825. The maximum atomic E-state index is 12.5. The summed E-state index contributed by atoms with van der Waals surface area (Å²) in [4.78, 5) is 16.9. The fourth-order valence-electron chi connectivity index (χ4n) is 3.15. The van der Waals surface area contributed by atoms with Crippen LogP contribution in [0.4, 0.5) is 0 Å². The van der Waals surface area contributed by atoms with Crippen molar-refractivity contribution in [2.45, 2.75) is 51.7 Å². The number of amides is 1. The Morgan fingerprint density at radius 2 is 1.95 bits per heavy atom. The first-order chi connectivity index (χ1) is 10.2. The van der Waals surface area contributed by atoms with Gasteiger partial charge in [0, 0.05) is 32.7 Å². The number of hydrogen-bond acceptors (Lipinski definition) is 4. The topological polar surface area (TPSA) is 44.8 Å².